The van der Waals surface area contributed by atoms with Gasteiger partial charge in [-0.3, -0.25) is 9.59 Å². The molecule has 0 radical (unpaired) electrons. The Balaban J connectivity index is 1.58. The molecule has 4 rings (SSSR count). The van der Waals surface area contributed by atoms with E-state index in [1.807, 2.05) is 57.2 Å². The van der Waals surface area contributed by atoms with Gasteiger partial charge in [0.05, 0.1) is 12.1 Å². The van der Waals surface area contributed by atoms with Crippen molar-refractivity contribution in [1.29, 1.82) is 0 Å². The molecule has 0 saturated heterocycles. The molecule has 6 nitrogen and oxygen atoms in total. The van der Waals surface area contributed by atoms with E-state index in [1.165, 1.54) is 0 Å². The second-order valence-electron chi connectivity index (χ2n) is 7.32. The quantitative estimate of drug-likeness (QED) is 0.659. The van der Waals surface area contributed by atoms with Crippen molar-refractivity contribution in [2.24, 2.45) is 0 Å². The van der Waals surface area contributed by atoms with Gasteiger partial charge < -0.3 is 10.6 Å². The molecule has 0 saturated carbocycles. The largest absolute Gasteiger partial charge is 0.326 e. The maximum Gasteiger partial charge on any atom is 0.251 e. The number of carbonyl (C=O) groups excluding carboxylic acids is 2. The van der Waals surface area contributed by atoms with Crippen molar-refractivity contribution >= 4 is 34.9 Å². The number of fused-ring (bicyclic) bond motifs is 1. The number of rotatable bonds is 4. The second kappa shape index (κ2) is 7.37. The van der Waals surface area contributed by atoms with Crippen molar-refractivity contribution < 1.29 is 9.59 Å². The Hall–Kier alpha value is -3.12. The summed E-state index contributed by atoms with van der Waals surface area (Å²) < 4.78 is 1.61. The van der Waals surface area contributed by atoms with Crippen LogP contribution in [0, 0.1) is 20.8 Å². The van der Waals surface area contributed by atoms with E-state index in [0.29, 0.717) is 16.5 Å². The van der Waals surface area contributed by atoms with Crippen LogP contribution in [-0.2, 0) is 9.59 Å². The summed E-state index contributed by atoms with van der Waals surface area (Å²) in [5, 5.41) is 10.9. The molecule has 1 aromatic heterocycles. The van der Waals surface area contributed by atoms with Gasteiger partial charge in [0.2, 0.25) is 5.91 Å². The number of nitrogens with zero attached hydrogens (tertiary/aromatic N) is 2. The molecule has 0 fully saturated rings. The highest BCUT2D eigenvalue weighted by atomic mass is 35.5. The zero-order chi connectivity index (χ0) is 20.7. The van der Waals surface area contributed by atoms with Crippen molar-refractivity contribution in [3.8, 4) is 11.1 Å². The van der Waals surface area contributed by atoms with E-state index in [2.05, 4.69) is 15.7 Å². The van der Waals surface area contributed by atoms with Gasteiger partial charge in [-0.05, 0) is 61.7 Å². The first-order valence-electron chi connectivity index (χ1n) is 9.36. The third kappa shape index (κ3) is 3.63. The average molecular weight is 409 g/mol. The first-order chi connectivity index (χ1) is 13.8. The van der Waals surface area contributed by atoms with E-state index in [4.69, 9.17) is 11.6 Å². The van der Waals surface area contributed by atoms with Crippen molar-refractivity contribution in [3.05, 3.63) is 64.3 Å². The molecule has 0 aliphatic carbocycles. The maximum absolute atomic E-state index is 12.6. The Kier molecular flexibility index (Phi) is 4.88. The van der Waals surface area contributed by atoms with Crippen LogP contribution in [0.1, 0.15) is 29.3 Å². The minimum Gasteiger partial charge on any atom is -0.326 e. The summed E-state index contributed by atoms with van der Waals surface area (Å²) in [4.78, 5) is 25.1. The lowest BCUT2D eigenvalue weighted by Gasteiger charge is -2.11. The lowest BCUT2D eigenvalue weighted by Crippen LogP contribution is -2.23. The fourth-order valence-electron chi connectivity index (χ4n) is 3.58. The molecule has 1 unspecified atom stereocenters. The van der Waals surface area contributed by atoms with Crippen LogP contribution in [0.15, 0.2) is 42.5 Å². The van der Waals surface area contributed by atoms with Crippen LogP contribution in [0.4, 0.5) is 11.5 Å². The predicted octanol–water partition coefficient (Wildman–Crippen LogP) is 4.65. The first-order valence-corrected chi connectivity index (χ1v) is 9.74. The zero-order valence-corrected chi connectivity index (χ0v) is 17.2. The molecule has 0 spiro atoms. The molecule has 2 amide bonds. The van der Waals surface area contributed by atoms with Gasteiger partial charge in [-0.1, -0.05) is 29.8 Å². The minimum absolute atomic E-state index is 0.00185. The molecule has 2 N–H and O–H groups in total. The number of amides is 2. The summed E-state index contributed by atoms with van der Waals surface area (Å²) in [5.74, 6) is 0.114. The third-order valence-electron chi connectivity index (χ3n) is 5.21. The fraction of sp³-hybridized carbons (Fsp3) is 0.227. The van der Waals surface area contributed by atoms with E-state index < -0.39 is 6.04 Å². The highest BCUT2D eigenvalue weighted by molar-refractivity contribution is 6.30. The number of anilines is 2. The average Bonchev–Trinajstić information content (AvgIpc) is 3.12. The Morgan fingerprint density at radius 2 is 1.97 bits per heavy atom. The Labute approximate surface area is 173 Å². The van der Waals surface area contributed by atoms with Crippen molar-refractivity contribution in [1.82, 2.24) is 9.78 Å². The van der Waals surface area contributed by atoms with Crippen molar-refractivity contribution in [2.45, 2.75) is 33.2 Å². The van der Waals surface area contributed by atoms with Gasteiger partial charge in [-0.2, -0.15) is 5.10 Å². The molecule has 0 bridgehead atoms. The summed E-state index contributed by atoms with van der Waals surface area (Å²) in [6.07, 6.45) is 0.00185. The molecule has 3 aromatic rings. The van der Waals surface area contributed by atoms with E-state index in [9.17, 15) is 9.59 Å². The normalized spacial score (nSPS) is 15.2. The Bertz CT molecular complexity index is 1140. The van der Waals surface area contributed by atoms with Crippen molar-refractivity contribution in [2.75, 3.05) is 10.6 Å². The maximum atomic E-state index is 12.6. The van der Waals surface area contributed by atoms with Gasteiger partial charge in [-0.25, -0.2) is 4.68 Å². The molecule has 148 valence electrons. The summed E-state index contributed by atoms with van der Waals surface area (Å²) in [5.41, 5.74) is 5.42. The number of hydrogen-bond acceptors (Lipinski definition) is 3. The van der Waals surface area contributed by atoms with Crippen LogP contribution in [0.25, 0.3) is 11.1 Å². The number of nitrogens with one attached hydrogen (secondary N) is 2. The standard InChI is InChI=1S/C22H21ClN4O2/c1-12-7-8-17(9-13(12)2)24-19(28)11-18-22(29)25-21-20(14(3)26-27(18)21)15-5-4-6-16(23)10-15/h4-10,18H,11H2,1-3H3,(H,24,28)(H,25,29). The Morgan fingerprint density at radius 3 is 2.69 bits per heavy atom. The highest BCUT2D eigenvalue weighted by Crippen LogP contribution is 2.38. The van der Waals surface area contributed by atoms with Crippen LogP contribution >= 0.6 is 11.6 Å². The van der Waals surface area contributed by atoms with Gasteiger partial charge in [-0.15, -0.1) is 0 Å². The molecular formula is C22H21ClN4O2. The number of aryl methyl sites for hydroxylation is 3. The van der Waals surface area contributed by atoms with Gasteiger partial charge in [0.15, 0.2) is 0 Å². The van der Waals surface area contributed by atoms with Crippen LogP contribution < -0.4 is 10.6 Å². The SMILES string of the molecule is Cc1ccc(NC(=O)CC2C(=O)Nc3c(-c4cccc(Cl)c4)c(C)nn32)cc1C. The number of hydrogen-bond donors (Lipinski definition) is 2. The van der Waals surface area contributed by atoms with Crippen LogP contribution in [0.2, 0.25) is 5.02 Å². The summed E-state index contributed by atoms with van der Waals surface area (Å²) >= 11 is 6.12. The smallest absolute Gasteiger partial charge is 0.251 e. The minimum atomic E-state index is -0.692. The predicted molar refractivity (Wildman–Crippen MR) is 114 cm³/mol. The molecule has 1 atom stereocenters. The van der Waals surface area contributed by atoms with Gasteiger partial charge in [0, 0.05) is 16.3 Å². The zero-order valence-electron chi connectivity index (χ0n) is 16.4. The summed E-state index contributed by atoms with van der Waals surface area (Å²) in [6.45, 7) is 5.88. The molecule has 29 heavy (non-hydrogen) atoms. The Morgan fingerprint density at radius 1 is 1.17 bits per heavy atom. The molecule has 7 heteroatoms. The third-order valence-corrected chi connectivity index (χ3v) is 5.44. The molecule has 1 aliphatic heterocycles. The van der Waals surface area contributed by atoms with E-state index in [1.54, 1.807) is 10.7 Å². The summed E-state index contributed by atoms with van der Waals surface area (Å²) in [6, 6.07) is 12.4. The van der Waals surface area contributed by atoms with Gasteiger partial charge in [0.25, 0.3) is 5.91 Å². The number of aromatic nitrogens is 2. The number of carbonyl (C=O) groups is 2. The monoisotopic (exact) mass is 408 g/mol. The molecule has 2 aromatic carbocycles. The number of benzene rings is 2. The molecule has 1 aliphatic rings. The number of halogens is 1. The lowest BCUT2D eigenvalue weighted by atomic mass is 10.1. The molecule has 2 heterocycles. The van der Waals surface area contributed by atoms with E-state index >= 15 is 0 Å². The highest BCUT2D eigenvalue weighted by Gasteiger charge is 2.36. The van der Waals surface area contributed by atoms with Crippen molar-refractivity contribution in [3.63, 3.8) is 0 Å². The van der Waals surface area contributed by atoms with E-state index in [-0.39, 0.29) is 18.2 Å². The van der Waals surface area contributed by atoms with Gasteiger partial charge >= 0.3 is 0 Å². The van der Waals surface area contributed by atoms with E-state index in [0.717, 1.165) is 27.9 Å². The topological polar surface area (TPSA) is 76.0 Å². The summed E-state index contributed by atoms with van der Waals surface area (Å²) in [7, 11) is 0. The second-order valence-corrected chi connectivity index (χ2v) is 7.76. The fourth-order valence-corrected chi connectivity index (χ4v) is 3.77. The first kappa shape index (κ1) is 19.2. The lowest BCUT2D eigenvalue weighted by molar-refractivity contribution is -0.123. The van der Waals surface area contributed by atoms with Crippen LogP contribution in [0.3, 0.4) is 0 Å². The molecular weight excluding hydrogens is 388 g/mol. The van der Waals surface area contributed by atoms with Crippen LogP contribution in [-0.4, -0.2) is 21.6 Å². The van der Waals surface area contributed by atoms with Crippen LogP contribution in [0.5, 0.6) is 0 Å². The van der Waals surface area contributed by atoms with Gasteiger partial charge in [0.1, 0.15) is 11.9 Å².